The molecule has 12 heteroatoms. The van der Waals surface area contributed by atoms with Crippen LogP contribution in [0.5, 0.6) is 11.8 Å². The maximum atomic E-state index is 11.7. The van der Waals surface area contributed by atoms with Crippen LogP contribution in [0.2, 0.25) is 10.0 Å². The van der Waals surface area contributed by atoms with Gasteiger partial charge >= 0.3 is 0 Å². The summed E-state index contributed by atoms with van der Waals surface area (Å²) < 4.78 is 11.3. The molecular formula is C33H31Cl2N7O3. The van der Waals surface area contributed by atoms with Crippen LogP contribution in [-0.4, -0.2) is 77.5 Å². The summed E-state index contributed by atoms with van der Waals surface area (Å²) >= 11 is 14.1. The standard InChI is InChI=1S/C33H31Cl2N7O3/c1-44-31-23(30-36-13-14-37-30)9-10-24(39-31)21-7-3-5-19(28(21)34)20-6-4-8-22(29(20)35)25-15-38-26(32(40-25)45-2)16-42-17-33(18-42)12-11-27(43)41-33/h3-10,15H,11-14,16-18H2,1-2H3,(H,36,37)(H,41,43). The fraction of sp³-hybridized carbons (Fsp3) is 0.303. The van der Waals surface area contributed by atoms with Crippen molar-refractivity contribution in [3.63, 3.8) is 0 Å². The number of aromatic nitrogens is 3. The van der Waals surface area contributed by atoms with Gasteiger partial charge in [0.15, 0.2) is 0 Å². The fourth-order valence-electron chi connectivity index (χ4n) is 6.32. The maximum absolute atomic E-state index is 11.7. The van der Waals surface area contributed by atoms with Gasteiger partial charge in [-0.25, -0.2) is 9.97 Å². The predicted octanol–water partition coefficient (Wildman–Crippen LogP) is 5.01. The van der Waals surface area contributed by atoms with Crippen LogP contribution in [0, 0.1) is 0 Å². The molecule has 0 saturated carbocycles. The van der Waals surface area contributed by atoms with Gasteiger partial charge < -0.3 is 20.1 Å². The second-order valence-electron chi connectivity index (χ2n) is 11.4. The SMILES string of the molecule is COc1nc(-c2cccc(-c3cccc(-c4cnc(CN5CC6(CCC(=O)N6)C5)c(OC)n4)c3Cl)c2Cl)ccc1C1=NCCN1. The van der Waals surface area contributed by atoms with Crippen LogP contribution in [0.25, 0.3) is 33.6 Å². The van der Waals surface area contributed by atoms with Gasteiger partial charge in [0.1, 0.15) is 11.5 Å². The lowest BCUT2D eigenvalue weighted by Crippen LogP contribution is -2.66. The van der Waals surface area contributed by atoms with Crippen LogP contribution in [0.15, 0.2) is 59.7 Å². The molecule has 10 nitrogen and oxygen atoms in total. The van der Waals surface area contributed by atoms with Crippen LogP contribution in [-0.2, 0) is 11.3 Å². The second kappa shape index (κ2) is 11.9. The van der Waals surface area contributed by atoms with Crippen molar-refractivity contribution in [2.45, 2.75) is 24.9 Å². The first-order chi connectivity index (χ1) is 21.9. The molecule has 5 heterocycles. The molecular weight excluding hydrogens is 613 g/mol. The number of pyridine rings is 1. The fourth-order valence-corrected chi connectivity index (χ4v) is 6.97. The molecule has 1 spiro atoms. The van der Waals surface area contributed by atoms with Crippen molar-refractivity contribution in [3.05, 3.63) is 76.0 Å². The van der Waals surface area contributed by atoms with E-state index in [0.29, 0.717) is 51.7 Å². The summed E-state index contributed by atoms with van der Waals surface area (Å²) in [7, 11) is 3.18. The molecule has 0 radical (unpaired) electrons. The van der Waals surface area contributed by atoms with E-state index in [-0.39, 0.29) is 11.4 Å². The summed E-state index contributed by atoms with van der Waals surface area (Å²) in [4.78, 5) is 32.7. The Morgan fingerprint density at radius 2 is 1.53 bits per heavy atom. The molecule has 0 atom stereocenters. The molecule has 1 amide bonds. The summed E-state index contributed by atoms with van der Waals surface area (Å²) in [6.45, 7) is 3.67. The van der Waals surface area contributed by atoms with Crippen molar-refractivity contribution in [1.82, 2.24) is 30.5 Å². The molecule has 2 saturated heterocycles. The number of aliphatic imine (C=N–C) groups is 1. The molecule has 230 valence electrons. The lowest BCUT2D eigenvalue weighted by molar-refractivity contribution is -0.120. The molecule has 4 aromatic rings. The van der Waals surface area contributed by atoms with E-state index in [0.717, 1.165) is 66.4 Å². The van der Waals surface area contributed by atoms with Crippen molar-refractivity contribution >= 4 is 34.9 Å². The molecule has 45 heavy (non-hydrogen) atoms. The van der Waals surface area contributed by atoms with E-state index < -0.39 is 0 Å². The number of hydrogen-bond donors (Lipinski definition) is 2. The van der Waals surface area contributed by atoms with E-state index in [1.807, 2.05) is 48.5 Å². The minimum absolute atomic E-state index is 0.0992. The highest BCUT2D eigenvalue weighted by Gasteiger charge is 2.47. The largest absolute Gasteiger partial charge is 0.480 e. The number of halogens is 2. The lowest BCUT2D eigenvalue weighted by Gasteiger charge is -2.47. The molecule has 0 aliphatic carbocycles. The normalized spacial score (nSPS) is 17.1. The third kappa shape index (κ3) is 5.47. The molecule has 7 rings (SSSR count). The Hall–Kier alpha value is -4.25. The molecule has 0 unspecified atom stereocenters. The summed E-state index contributed by atoms with van der Waals surface area (Å²) in [5, 5.41) is 7.39. The molecule has 0 bridgehead atoms. The van der Waals surface area contributed by atoms with Crippen LogP contribution in [0.3, 0.4) is 0 Å². The molecule has 2 aromatic carbocycles. The number of carbonyl (C=O) groups is 1. The Kier molecular flexibility index (Phi) is 7.81. The van der Waals surface area contributed by atoms with Crippen molar-refractivity contribution in [2.75, 3.05) is 40.4 Å². The van der Waals surface area contributed by atoms with Gasteiger partial charge in [0.25, 0.3) is 0 Å². The molecule has 3 aliphatic rings. The topological polar surface area (TPSA) is 114 Å². The average Bonchev–Trinajstić information content (AvgIpc) is 3.72. The Balaban J connectivity index is 1.16. The maximum Gasteiger partial charge on any atom is 0.237 e. The molecule has 3 aliphatic heterocycles. The third-order valence-electron chi connectivity index (χ3n) is 8.49. The van der Waals surface area contributed by atoms with Crippen LogP contribution in [0.4, 0.5) is 0 Å². The first-order valence-electron chi connectivity index (χ1n) is 14.7. The van der Waals surface area contributed by atoms with Crippen molar-refractivity contribution in [1.29, 1.82) is 0 Å². The quantitative estimate of drug-likeness (QED) is 0.275. The highest BCUT2D eigenvalue weighted by molar-refractivity contribution is 6.39. The zero-order valence-corrected chi connectivity index (χ0v) is 26.4. The number of methoxy groups -OCH3 is 2. The molecule has 2 N–H and O–H groups in total. The third-order valence-corrected chi connectivity index (χ3v) is 9.30. The minimum atomic E-state index is -0.0992. The predicted molar refractivity (Wildman–Crippen MR) is 174 cm³/mol. The number of nitrogens with one attached hydrogen (secondary N) is 2. The number of likely N-dealkylation sites (tertiary alicyclic amines) is 1. The number of amides is 1. The van der Waals surface area contributed by atoms with E-state index in [9.17, 15) is 4.79 Å². The highest BCUT2D eigenvalue weighted by Crippen LogP contribution is 2.42. The van der Waals surface area contributed by atoms with Crippen LogP contribution < -0.4 is 20.1 Å². The van der Waals surface area contributed by atoms with E-state index in [4.69, 9.17) is 47.6 Å². The van der Waals surface area contributed by atoms with Gasteiger partial charge in [-0.15, -0.1) is 0 Å². The summed E-state index contributed by atoms with van der Waals surface area (Å²) in [6, 6.07) is 15.4. The number of amidine groups is 1. The number of hydrogen-bond acceptors (Lipinski definition) is 9. The Labute approximate surface area is 270 Å². The van der Waals surface area contributed by atoms with Gasteiger partial charge in [-0.3, -0.25) is 19.7 Å². The van der Waals surface area contributed by atoms with Gasteiger partial charge in [-0.1, -0.05) is 59.6 Å². The number of carbonyl (C=O) groups excluding carboxylic acids is 1. The Bertz CT molecular complexity index is 1840. The van der Waals surface area contributed by atoms with Crippen molar-refractivity contribution in [3.8, 4) is 45.4 Å². The van der Waals surface area contributed by atoms with Crippen LogP contribution >= 0.6 is 23.2 Å². The number of nitrogens with zero attached hydrogens (tertiary/aromatic N) is 5. The summed E-state index contributed by atoms with van der Waals surface area (Å²) in [5.74, 6) is 1.81. The monoisotopic (exact) mass is 643 g/mol. The lowest BCUT2D eigenvalue weighted by atomic mass is 9.88. The van der Waals surface area contributed by atoms with Crippen molar-refractivity contribution < 1.29 is 14.3 Å². The van der Waals surface area contributed by atoms with E-state index >= 15 is 0 Å². The summed E-state index contributed by atoms with van der Waals surface area (Å²) in [6.07, 6.45) is 3.18. The van der Waals surface area contributed by atoms with E-state index in [2.05, 4.69) is 20.5 Å². The smallest absolute Gasteiger partial charge is 0.237 e. The summed E-state index contributed by atoms with van der Waals surface area (Å²) in [5.41, 5.74) is 5.66. The first kappa shape index (κ1) is 29.5. The zero-order chi connectivity index (χ0) is 31.1. The minimum Gasteiger partial charge on any atom is -0.480 e. The van der Waals surface area contributed by atoms with Gasteiger partial charge in [0.2, 0.25) is 17.7 Å². The highest BCUT2D eigenvalue weighted by atomic mass is 35.5. The van der Waals surface area contributed by atoms with Gasteiger partial charge in [-0.2, -0.15) is 0 Å². The second-order valence-corrected chi connectivity index (χ2v) is 12.2. The first-order valence-corrected chi connectivity index (χ1v) is 15.5. The Morgan fingerprint density at radius 1 is 0.867 bits per heavy atom. The van der Waals surface area contributed by atoms with Gasteiger partial charge in [0, 0.05) is 54.9 Å². The van der Waals surface area contributed by atoms with E-state index in [1.165, 1.54) is 0 Å². The van der Waals surface area contributed by atoms with Crippen LogP contribution in [0.1, 0.15) is 24.1 Å². The van der Waals surface area contributed by atoms with Gasteiger partial charge in [0.05, 0.1) is 59.5 Å². The zero-order valence-electron chi connectivity index (χ0n) is 24.9. The van der Waals surface area contributed by atoms with E-state index in [1.54, 1.807) is 20.4 Å². The van der Waals surface area contributed by atoms with Gasteiger partial charge in [-0.05, 0) is 18.6 Å². The number of benzene rings is 2. The average molecular weight is 645 g/mol. The number of rotatable bonds is 8. The van der Waals surface area contributed by atoms with Crippen molar-refractivity contribution in [2.24, 2.45) is 4.99 Å². The molecule has 2 aromatic heterocycles. The molecule has 2 fully saturated rings. The Morgan fingerprint density at radius 3 is 2.16 bits per heavy atom. The number of ether oxygens (including phenoxy) is 2.